The van der Waals surface area contributed by atoms with Crippen LogP contribution >= 0.6 is 0 Å². The summed E-state index contributed by atoms with van der Waals surface area (Å²) in [5.74, 6) is 0.220. The molecular formula is C9H12N6O3. The van der Waals surface area contributed by atoms with Gasteiger partial charge in [0, 0.05) is 6.42 Å². The van der Waals surface area contributed by atoms with Crippen LogP contribution in [0.3, 0.4) is 0 Å². The molecule has 0 amide bonds. The summed E-state index contributed by atoms with van der Waals surface area (Å²) in [4.78, 5) is 7.83. The fraction of sp³-hybridized carbons (Fsp3) is 0.556. The first-order valence-corrected chi connectivity index (χ1v) is 5.46. The molecule has 1 aliphatic rings. The molecule has 0 spiro atoms. The Morgan fingerprint density at radius 1 is 1.50 bits per heavy atom. The quantitative estimate of drug-likeness (QED) is 0.584. The number of aliphatic hydroxyl groups excluding tert-OH is 2. The average molecular weight is 252 g/mol. The molecule has 0 saturated carbocycles. The molecule has 3 heterocycles. The first-order valence-electron chi connectivity index (χ1n) is 5.46. The van der Waals surface area contributed by atoms with Gasteiger partial charge in [-0.15, -0.1) is 5.10 Å². The number of nitrogen functional groups attached to an aromatic ring is 1. The average Bonchev–Trinajstić information content (AvgIpc) is 2.93. The van der Waals surface area contributed by atoms with Crippen LogP contribution in [-0.2, 0) is 4.74 Å². The molecule has 0 aliphatic carbocycles. The summed E-state index contributed by atoms with van der Waals surface area (Å²) in [5, 5.41) is 26.7. The van der Waals surface area contributed by atoms with Gasteiger partial charge in [0.05, 0.1) is 12.7 Å². The van der Waals surface area contributed by atoms with Gasteiger partial charge in [0.15, 0.2) is 23.2 Å². The highest BCUT2D eigenvalue weighted by molar-refractivity contribution is 5.80. The second-order valence-corrected chi connectivity index (χ2v) is 4.10. The molecule has 0 unspecified atom stereocenters. The lowest BCUT2D eigenvalue weighted by Crippen LogP contribution is -2.21. The zero-order valence-corrected chi connectivity index (χ0v) is 9.34. The maximum absolute atomic E-state index is 9.89. The third-order valence-electron chi connectivity index (χ3n) is 2.90. The number of ether oxygens (including phenoxy) is 1. The highest BCUT2D eigenvalue weighted by Gasteiger charge is 2.36. The van der Waals surface area contributed by atoms with Crippen molar-refractivity contribution in [1.82, 2.24) is 25.0 Å². The summed E-state index contributed by atoms with van der Waals surface area (Å²) in [6.07, 6.45) is -0.279. The van der Waals surface area contributed by atoms with Gasteiger partial charge in [-0.1, -0.05) is 5.21 Å². The fourth-order valence-corrected chi connectivity index (χ4v) is 2.02. The Labute approximate surface area is 101 Å². The number of hydrogen-bond donors (Lipinski definition) is 3. The van der Waals surface area contributed by atoms with E-state index in [4.69, 9.17) is 15.6 Å². The molecule has 2 aromatic heterocycles. The van der Waals surface area contributed by atoms with E-state index in [1.807, 2.05) is 0 Å². The Bertz CT molecular complexity index is 572. The summed E-state index contributed by atoms with van der Waals surface area (Å²) >= 11 is 0. The standard InChI is InChI=1S/C9H12N6O3/c10-7-6-8(12-3-11-7)15(14-13-6)9-5(17)1-4(2-16)18-9/h3-5,9,16-17H,1-2H2,(H2,10,11,12)/t4-,5+,9+/m0/s1. The van der Waals surface area contributed by atoms with Crippen LogP contribution in [0.5, 0.6) is 0 Å². The number of anilines is 1. The molecule has 18 heavy (non-hydrogen) atoms. The molecular weight excluding hydrogens is 240 g/mol. The van der Waals surface area contributed by atoms with E-state index in [2.05, 4.69) is 20.3 Å². The maximum atomic E-state index is 9.89. The van der Waals surface area contributed by atoms with Crippen molar-refractivity contribution in [3.63, 3.8) is 0 Å². The van der Waals surface area contributed by atoms with Crippen LogP contribution in [0.25, 0.3) is 11.2 Å². The van der Waals surface area contributed by atoms with Crippen molar-refractivity contribution in [2.75, 3.05) is 12.3 Å². The normalized spacial score (nSPS) is 28.0. The molecule has 4 N–H and O–H groups in total. The smallest absolute Gasteiger partial charge is 0.186 e. The molecule has 3 atom stereocenters. The monoisotopic (exact) mass is 252 g/mol. The number of fused-ring (bicyclic) bond motifs is 1. The van der Waals surface area contributed by atoms with Crippen molar-refractivity contribution in [2.45, 2.75) is 24.9 Å². The Morgan fingerprint density at radius 3 is 3.06 bits per heavy atom. The number of nitrogens with zero attached hydrogens (tertiary/aromatic N) is 5. The van der Waals surface area contributed by atoms with Crippen LogP contribution in [0.15, 0.2) is 6.33 Å². The van der Waals surface area contributed by atoms with Crippen LogP contribution in [-0.4, -0.2) is 54.0 Å². The summed E-state index contributed by atoms with van der Waals surface area (Å²) in [7, 11) is 0. The number of aliphatic hydroxyl groups is 2. The third kappa shape index (κ3) is 1.60. The van der Waals surface area contributed by atoms with E-state index >= 15 is 0 Å². The highest BCUT2D eigenvalue weighted by atomic mass is 16.5. The van der Waals surface area contributed by atoms with Crippen molar-refractivity contribution in [3.8, 4) is 0 Å². The fourth-order valence-electron chi connectivity index (χ4n) is 2.02. The van der Waals surface area contributed by atoms with Crippen LogP contribution < -0.4 is 5.73 Å². The van der Waals surface area contributed by atoms with Crippen molar-refractivity contribution < 1.29 is 14.9 Å². The zero-order valence-electron chi connectivity index (χ0n) is 9.34. The van der Waals surface area contributed by atoms with Crippen LogP contribution in [0, 0.1) is 0 Å². The first kappa shape index (κ1) is 11.3. The first-order chi connectivity index (χ1) is 8.70. The summed E-state index contributed by atoms with van der Waals surface area (Å²) in [6.45, 7) is -0.155. The van der Waals surface area contributed by atoms with Gasteiger partial charge in [0.1, 0.15) is 12.4 Å². The second-order valence-electron chi connectivity index (χ2n) is 4.10. The van der Waals surface area contributed by atoms with E-state index in [0.717, 1.165) is 0 Å². The van der Waals surface area contributed by atoms with E-state index in [1.54, 1.807) is 0 Å². The van der Waals surface area contributed by atoms with Crippen LogP contribution in [0.2, 0.25) is 0 Å². The lowest BCUT2D eigenvalue weighted by atomic mass is 10.2. The van der Waals surface area contributed by atoms with Crippen molar-refractivity contribution in [2.24, 2.45) is 0 Å². The van der Waals surface area contributed by atoms with Gasteiger partial charge >= 0.3 is 0 Å². The molecule has 96 valence electrons. The van der Waals surface area contributed by atoms with E-state index in [9.17, 15) is 5.11 Å². The van der Waals surface area contributed by atoms with Gasteiger partial charge < -0.3 is 20.7 Å². The van der Waals surface area contributed by atoms with E-state index < -0.39 is 18.4 Å². The van der Waals surface area contributed by atoms with Gasteiger partial charge in [-0.05, 0) is 0 Å². The molecule has 0 radical (unpaired) electrons. The molecule has 9 heteroatoms. The zero-order chi connectivity index (χ0) is 12.7. The number of aromatic nitrogens is 5. The molecule has 2 aromatic rings. The molecule has 0 aromatic carbocycles. The van der Waals surface area contributed by atoms with Crippen LogP contribution in [0.1, 0.15) is 12.6 Å². The molecule has 9 nitrogen and oxygen atoms in total. The Kier molecular flexibility index (Phi) is 2.58. The van der Waals surface area contributed by atoms with Crippen molar-refractivity contribution in [1.29, 1.82) is 0 Å². The number of hydrogen-bond acceptors (Lipinski definition) is 8. The van der Waals surface area contributed by atoms with Crippen molar-refractivity contribution in [3.05, 3.63) is 6.33 Å². The van der Waals surface area contributed by atoms with E-state index in [1.165, 1.54) is 11.0 Å². The summed E-state index contributed by atoms with van der Waals surface area (Å²) < 4.78 is 6.83. The van der Waals surface area contributed by atoms with E-state index in [-0.39, 0.29) is 12.4 Å². The highest BCUT2D eigenvalue weighted by Crippen LogP contribution is 2.30. The third-order valence-corrected chi connectivity index (χ3v) is 2.90. The van der Waals surface area contributed by atoms with Gasteiger partial charge in [-0.3, -0.25) is 0 Å². The SMILES string of the molecule is Nc1ncnc2c1nnn2[C@@H]1O[C@H](CO)C[C@H]1O. The lowest BCUT2D eigenvalue weighted by Gasteiger charge is -2.14. The Balaban J connectivity index is 2.02. The Hall–Kier alpha value is -1.84. The minimum atomic E-state index is -0.775. The second kappa shape index (κ2) is 4.12. The van der Waals surface area contributed by atoms with Gasteiger partial charge in [0.25, 0.3) is 0 Å². The van der Waals surface area contributed by atoms with Gasteiger partial charge in [-0.2, -0.15) is 4.68 Å². The topological polar surface area (TPSA) is 132 Å². The largest absolute Gasteiger partial charge is 0.394 e. The van der Waals surface area contributed by atoms with Crippen molar-refractivity contribution >= 4 is 17.0 Å². The number of rotatable bonds is 2. The summed E-state index contributed by atoms with van der Waals surface area (Å²) in [6, 6.07) is 0. The number of nitrogens with two attached hydrogens (primary N) is 1. The predicted molar refractivity (Wildman–Crippen MR) is 59.2 cm³/mol. The van der Waals surface area contributed by atoms with E-state index in [0.29, 0.717) is 17.6 Å². The Morgan fingerprint density at radius 2 is 2.33 bits per heavy atom. The predicted octanol–water partition coefficient (Wildman–Crippen LogP) is -1.56. The maximum Gasteiger partial charge on any atom is 0.186 e. The molecule has 1 saturated heterocycles. The van der Waals surface area contributed by atoms with Crippen LogP contribution in [0.4, 0.5) is 5.82 Å². The van der Waals surface area contributed by atoms with Gasteiger partial charge in [-0.25, -0.2) is 9.97 Å². The minimum Gasteiger partial charge on any atom is -0.394 e. The molecule has 0 bridgehead atoms. The lowest BCUT2D eigenvalue weighted by molar-refractivity contribution is -0.0557. The molecule has 1 fully saturated rings. The molecule has 3 rings (SSSR count). The molecule has 1 aliphatic heterocycles. The van der Waals surface area contributed by atoms with Gasteiger partial charge in [0.2, 0.25) is 0 Å². The minimum absolute atomic E-state index is 0.155. The summed E-state index contributed by atoms with van der Waals surface area (Å²) in [5.41, 5.74) is 6.40.